The van der Waals surface area contributed by atoms with Crippen molar-refractivity contribution in [3.8, 4) is 0 Å². The third kappa shape index (κ3) is 6.34. The zero-order valence-corrected chi connectivity index (χ0v) is 13.9. The van der Waals surface area contributed by atoms with Crippen molar-refractivity contribution in [3.63, 3.8) is 0 Å². The molecular weight excluding hydrogens is 300 g/mol. The number of hydrogen-bond donors (Lipinski definition) is 1. The average molecular weight is 327 g/mol. The van der Waals surface area contributed by atoms with Gasteiger partial charge in [0.1, 0.15) is 0 Å². The van der Waals surface area contributed by atoms with Gasteiger partial charge in [0.05, 0.1) is 12.5 Å². The molecule has 0 aliphatic carbocycles. The first-order valence-electron chi connectivity index (χ1n) is 7.93. The van der Waals surface area contributed by atoms with Crippen LogP contribution in [0.1, 0.15) is 37.7 Å². The van der Waals surface area contributed by atoms with Gasteiger partial charge >= 0.3 is 0 Å². The van der Waals surface area contributed by atoms with Crippen LogP contribution >= 0.6 is 12.4 Å². The van der Waals surface area contributed by atoms with Gasteiger partial charge in [-0.1, -0.05) is 30.3 Å². The monoisotopic (exact) mass is 326 g/mol. The normalized spacial score (nSPS) is 17.6. The Labute approximate surface area is 139 Å². The van der Waals surface area contributed by atoms with E-state index < -0.39 is 0 Å². The van der Waals surface area contributed by atoms with E-state index in [4.69, 9.17) is 10.5 Å². The first-order valence-corrected chi connectivity index (χ1v) is 7.93. The van der Waals surface area contributed by atoms with Crippen molar-refractivity contribution in [2.75, 3.05) is 19.7 Å². The van der Waals surface area contributed by atoms with Crippen LogP contribution in [-0.4, -0.2) is 36.6 Å². The zero-order valence-electron chi connectivity index (χ0n) is 13.1. The number of ether oxygens (including phenoxy) is 1. The fourth-order valence-electron chi connectivity index (χ4n) is 2.67. The van der Waals surface area contributed by atoms with Gasteiger partial charge in [-0.25, -0.2) is 0 Å². The van der Waals surface area contributed by atoms with Crippen LogP contribution in [0, 0.1) is 0 Å². The second-order valence-electron chi connectivity index (χ2n) is 5.64. The molecule has 1 aromatic rings. The number of benzene rings is 1. The Morgan fingerprint density at radius 1 is 1.27 bits per heavy atom. The van der Waals surface area contributed by atoms with Gasteiger partial charge in [-0.15, -0.1) is 12.4 Å². The number of hydrogen-bond acceptors (Lipinski definition) is 3. The summed E-state index contributed by atoms with van der Waals surface area (Å²) < 4.78 is 5.68. The molecule has 1 atom stereocenters. The van der Waals surface area contributed by atoms with Gasteiger partial charge in [-0.2, -0.15) is 0 Å². The summed E-state index contributed by atoms with van der Waals surface area (Å²) >= 11 is 0. The van der Waals surface area contributed by atoms with Crippen LogP contribution in [0.25, 0.3) is 0 Å². The summed E-state index contributed by atoms with van der Waals surface area (Å²) in [4.78, 5) is 14.4. The third-order valence-corrected chi connectivity index (χ3v) is 3.88. The fourth-order valence-corrected chi connectivity index (χ4v) is 2.67. The Bertz CT molecular complexity index is 422. The van der Waals surface area contributed by atoms with Gasteiger partial charge < -0.3 is 15.4 Å². The molecule has 1 aromatic carbocycles. The van der Waals surface area contributed by atoms with Gasteiger partial charge in [0.2, 0.25) is 5.91 Å². The molecule has 1 unspecified atom stereocenters. The summed E-state index contributed by atoms with van der Waals surface area (Å²) in [5, 5.41) is 0. The predicted octanol–water partition coefficient (Wildman–Crippen LogP) is 2.75. The van der Waals surface area contributed by atoms with Crippen LogP contribution in [0.15, 0.2) is 30.3 Å². The number of carbonyl (C=O) groups is 1. The van der Waals surface area contributed by atoms with Gasteiger partial charge in [0.25, 0.3) is 0 Å². The molecule has 0 radical (unpaired) electrons. The van der Waals surface area contributed by atoms with Crippen LogP contribution in [0.4, 0.5) is 0 Å². The topological polar surface area (TPSA) is 55.6 Å². The second-order valence-corrected chi connectivity index (χ2v) is 5.64. The van der Waals surface area contributed by atoms with Crippen LogP contribution in [0.3, 0.4) is 0 Å². The van der Waals surface area contributed by atoms with Crippen LogP contribution in [0.5, 0.6) is 0 Å². The minimum atomic E-state index is 0. The second kappa shape index (κ2) is 10.6. The van der Waals surface area contributed by atoms with Gasteiger partial charge in [0, 0.05) is 19.7 Å². The van der Waals surface area contributed by atoms with E-state index in [1.54, 1.807) is 0 Å². The first-order chi connectivity index (χ1) is 10.3. The molecule has 0 spiro atoms. The SMILES string of the molecule is Cl.NCCCN(Cc1ccccc1)C(=O)CC1CCCCO1. The molecule has 5 heteroatoms. The van der Waals surface area contributed by atoms with Crippen molar-refractivity contribution >= 4 is 18.3 Å². The van der Waals surface area contributed by atoms with Crippen molar-refractivity contribution in [2.45, 2.75) is 44.8 Å². The molecule has 22 heavy (non-hydrogen) atoms. The maximum atomic E-state index is 12.5. The number of nitrogens with two attached hydrogens (primary N) is 1. The van der Waals surface area contributed by atoms with E-state index >= 15 is 0 Å². The number of halogens is 1. The standard InChI is InChI=1S/C17H26N2O2.ClH/c18-10-6-11-19(14-15-7-2-1-3-8-15)17(20)13-16-9-4-5-12-21-16;/h1-3,7-8,16H,4-6,9-14,18H2;1H. The molecule has 0 bridgehead atoms. The van der Waals surface area contributed by atoms with E-state index in [0.717, 1.165) is 38.0 Å². The lowest BCUT2D eigenvalue weighted by Crippen LogP contribution is -2.36. The molecule has 0 aromatic heterocycles. The Balaban J connectivity index is 0.00000242. The summed E-state index contributed by atoms with van der Waals surface area (Å²) in [6.45, 7) is 2.78. The molecule has 124 valence electrons. The van der Waals surface area contributed by atoms with Crippen LogP contribution in [-0.2, 0) is 16.1 Å². The number of amides is 1. The molecule has 2 N–H and O–H groups in total. The maximum Gasteiger partial charge on any atom is 0.225 e. The molecule has 0 saturated carbocycles. The quantitative estimate of drug-likeness (QED) is 0.838. The summed E-state index contributed by atoms with van der Waals surface area (Å²) in [5.41, 5.74) is 6.75. The summed E-state index contributed by atoms with van der Waals surface area (Å²) in [5.74, 6) is 0.180. The maximum absolute atomic E-state index is 12.5. The molecule has 1 fully saturated rings. The summed E-state index contributed by atoms with van der Waals surface area (Å²) in [6.07, 6.45) is 4.72. The van der Waals surface area contributed by atoms with E-state index in [-0.39, 0.29) is 24.4 Å². The van der Waals surface area contributed by atoms with Crippen LogP contribution < -0.4 is 5.73 Å². The minimum absolute atomic E-state index is 0. The molecule has 1 aliphatic rings. The highest BCUT2D eigenvalue weighted by atomic mass is 35.5. The van der Waals surface area contributed by atoms with Gasteiger partial charge in [-0.05, 0) is 37.8 Å². The van der Waals surface area contributed by atoms with Crippen molar-refractivity contribution in [1.82, 2.24) is 4.90 Å². The van der Waals surface area contributed by atoms with E-state index in [1.807, 2.05) is 23.1 Å². The van der Waals surface area contributed by atoms with E-state index in [1.165, 1.54) is 6.42 Å². The number of carbonyl (C=O) groups excluding carboxylic acids is 1. The largest absolute Gasteiger partial charge is 0.378 e. The smallest absolute Gasteiger partial charge is 0.225 e. The molecule has 1 heterocycles. The van der Waals surface area contributed by atoms with E-state index in [0.29, 0.717) is 19.5 Å². The van der Waals surface area contributed by atoms with E-state index in [2.05, 4.69) is 12.1 Å². The average Bonchev–Trinajstić information content (AvgIpc) is 2.53. The number of rotatable bonds is 7. The predicted molar refractivity (Wildman–Crippen MR) is 91.0 cm³/mol. The Hall–Kier alpha value is -1.10. The molecular formula is C17H27ClN2O2. The van der Waals surface area contributed by atoms with Gasteiger partial charge in [-0.3, -0.25) is 4.79 Å². The molecule has 1 saturated heterocycles. The molecule has 2 rings (SSSR count). The Morgan fingerprint density at radius 2 is 2.05 bits per heavy atom. The van der Waals surface area contributed by atoms with Crippen molar-refractivity contribution in [2.24, 2.45) is 5.73 Å². The molecule has 4 nitrogen and oxygen atoms in total. The molecule has 1 aliphatic heterocycles. The first kappa shape index (κ1) is 18.9. The highest BCUT2D eigenvalue weighted by molar-refractivity contribution is 5.85. The third-order valence-electron chi connectivity index (χ3n) is 3.88. The fraction of sp³-hybridized carbons (Fsp3) is 0.588. The lowest BCUT2D eigenvalue weighted by atomic mass is 10.1. The van der Waals surface area contributed by atoms with E-state index in [9.17, 15) is 4.79 Å². The van der Waals surface area contributed by atoms with Crippen molar-refractivity contribution in [1.29, 1.82) is 0 Å². The van der Waals surface area contributed by atoms with Crippen molar-refractivity contribution in [3.05, 3.63) is 35.9 Å². The highest BCUT2D eigenvalue weighted by Gasteiger charge is 2.21. The zero-order chi connectivity index (χ0) is 14.9. The molecule has 1 amide bonds. The number of nitrogens with zero attached hydrogens (tertiary/aromatic N) is 1. The van der Waals surface area contributed by atoms with Crippen molar-refractivity contribution < 1.29 is 9.53 Å². The minimum Gasteiger partial charge on any atom is -0.378 e. The lowest BCUT2D eigenvalue weighted by molar-refractivity contribution is -0.135. The highest BCUT2D eigenvalue weighted by Crippen LogP contribution is 2.17. The summed E-state index contributed by atoms with van der Waals surface area (Å²) in [6, 6.07) is 10.1. The van der Waals surface area contributed by atoms with Crippen LogP contribution in [0.2, 0.25) is 0 Å². The Morgan fingerprint density at radius 3 is 2.68 bits per heavy atom. The lowest BCUT2D eigenvalue weighted by Gasteiger charge is -2.27. The van der Waals surface area contributed by atoms with Gasteiger partial charge in [0.15, 0.2) is 0 Å². The Kier molecular flexibility index (Phi) is 9.13. The summed E-state index contributed by atoms with van der Waals surface area (Å²) in [7, 11) is 0.